The molecule has 1 heterocycles. The van der Waals surface area contributed by atoms with Crippen LogP contribution < -0.4 is 5.32 Å². The van der Waals surface area contributed by atoms with Crippen molar-refractivity contribution < 1.29 is 0 Å². The smallest absolute Gasteiger partial charge is 0.135 e. The van der Waals surface area contributed by atoms with E-state index >= 15 is 0 Å². The molecule has 0 unspecified atom stereocenters. The Morgan fingerprint density at radius 2 is 2.26 bits per heavy atom. The number of halogens is 2. The lowest BCUT2D eigenvalue weighted by Gasteiger charge is -2.04. The van der Waals surface area contributed by atoms with E-state index in [0.29, 0.717) is 5.57 Å². The molecule has 2 aromatic rings. The van der Waals surface area contributed by atoms with Crippen LogP contribution in [-0.2, 0) is 0 Å². The summed E-state index contributed by atoms with van der Waals surface area (Å²) in [6, 6.07) is 7.95. The highest BCUT2D eigenvalue weighted by Crippen LogP contribution is 2.27. The molecule has 0 aliphatic rings. The number of benzene rings is 1. The van der Waals surface area contributed by atoms with Gasteiger partial charge in [-0.05, 0) is 41.1 Å². The van der Waals surface area contributed by atoms with E-state index in [2.05, 4.69) is 48.2 Å². The van der Waals surface area contributed by atoms with E-state index < -0.39 is 0 Å². The summed E-state index contributed by atoms with van der Waals surface area (Å²) in [5.41, 5.74) is 2.34. The predicted octanol–water partition coefficient (Wildman–Crippen LogP) is 4.95. The second kappa shape index (κ2) is 6.33. The van der Waals surface area contributed by atoms with Crippen molar-refractivity contribution in [3.63, 3.8) is 0 Å². The van der Waals surface area contributed by atoms with Crippen LogP contribution in [0.15, 0.2) is 38.7 Å². The molecule has 0 fully saturated rings. The number of aromatic nitrogens is 1. The van der Waals surface area contributed by atoms with Gasteiger partial charge >= 0.3 is 0 Å². The number of nitrogens with zero attached hydrogens (tertiary/aromatic N) is 2. The summed E-state index contributed by atoms with van der Waals surface area (Å²) in [5.74, 6) is 0. The van der Waals surface area contributed by atoms with Gasteiger partial charge in [0.2, 0.25) is 0 Å². The van der Waals surface area contributed by atoms with Gasteiger partial charge in [0.1, 0.15) is 16.6 Å². The average molecular weight is 399 g/mol. The molecule has 0 aliphatic carbocycles. The Balaban J connectivity index is 2.23. The van der Waals surface area contributed by atoms with Crippen molar-refractivity contribution in [3.05, 3.63) is 49.4 Å². The van der Waals surface area contributed by atoms with E-state index in [0.717, 1.165) is 25.3 Å². The normalized spacial score (nSPS) is 11.2. The zero-order valence-electron chi connectivity index (χ0n) is 9.95. The van der Waals surface area contributed by atoms with Crippen LogP contribution >= 0.6 is 43.2 Å². The number of allylic oxidation sites excluding steroid dienone is 1. The number of rotatable bonds is 3. The van der Waals surface area contributed by atoms with Crippen molar-refractivity contribution in [2.75, 3.05) is 5.32 Å². The first-order chi connectivity index (χ1) is 9.10. The summed E-state index contributed by atoms with van der Waals surface area (Å²) < 4.78 is 1.91. The summed E-state index contributed by atoms with van der Waals surface area (Å²) in [5, 5.41) is 14.9. The van der Waals surface area contributed by atoms with Crippen molar-refractivity contribution in [3.8, 4) is 6.07 Å². The minimum Gasteiger partial charge on any atom is -0.359 e. The lowest BCUT2D eigenvalue weighted by atomic mass is 10.3. The maximum Gasteiger partial charge on any atom is 0.135 e. The van der Waals surface area contributed by atoms with Crippen molar-refractivity contribution in [1.29, 1.82) is 5.26 Å². The Hall–Kier alpha value is -1.16. The molecule has 19 heavy (non-hydrogen) atoms. The van der Waals surface area contributed by atoms with Crippen molar-refractivity contribution in [2.45, 2.75) is 6.92 Å². The molecule has 0 radical (unpaired) electrons. The van der Waals surface area contributed by atoms with Crippen LogP contribution in [0.4, 0.5) is 5.69 Å². The van der Waals surface area contributed by atoms with Gasteiger partial charge in [-0.3, -0.25) is 0 Å². The Morgan fingerprint density at radius 3 is 2.84 bits per heavy atom. The van der Waals surface area contributed by atoms with Gasteiger partial charge in [-0.15, -0.1) is 11.3 Å². The molecule has 0 saturated heterocycles. The van der Waals surface area contributed by atoms with Crippen LogP contribution in [0, 0.1) is 18.3 Å². The van der Waals surface area contributed by atoms with Gasteiger partial charge in [-0.2, -0.15) is 5.26 Å². The highest BCUT2D eigenvalue weighted by molar-refractivity contribution is 9.11. The molecule has 0 amide bonds. The van der Waals surface area contributed by atoms with Crippen molar-refractivity contribution in [1.82, 2.24) is 4.98 Å². The van der Waals surface area contributed by atoms with Gasteiger partial charge in [-0.25, -0.2) is 4.98 Å². The standard InChI is InChI=1S/C13H9Br2N3S/c1-8-7-19-13(18-8)9(5-16)6-17-12-3-2-10(14)4-11(12)15/h2-4,6-7,17H,1H3/b9-6+. The highest BCUT2D eigenvalue weighted by atomic mass is 79.9. The van der Waals surface area contributed by atoms with Crippen LogP contribution in [-0.4, -0.2) is 4.98 Å². The first kappa shape index (κ1) is 14.3. The molecule has 0 saturated carbocycles. The van der Waals surface area contributed by atoms with Gasteiger partial charge in [0.05, 0.1) is 5.69 Å². The second-order valence-corrected chi connectivity index (χ2v) is 6.36. The summed E-state index contributed by atoms with van der Waals surface area (Å²) in [6.45, 7) is 1.91. The number of nitrogens with one attached hydrogen (secondary N) is 1. The number of aryl methyl sites for hydroxylation is 1. The summed E-state index contributed by atoms with van der Waals surface area (Å²) in [4.78, 5) is 4.30. The fourth-order valence-corrected chi connectivity index (χ4v) is 3.30. The first-order valence-corrected chi connectivity index (χ1v) is 7.81. The predicted molar refractivity (Wildman–Crippen MR) is 85.9 cm³/mol. The molecule has 96 valence electrons. The van der Waals surface area contributed by atoms with Gasteiger partial charge in [-0.1, -0.05) is 15.9 Å². The molecule has 1 aromatic carbocycles. The average Bonchev–Trinajstić information content (AvgIpc) is 2.79. The molecule has 6 heteroatoms. The lowest BCUT2D eigenvalue weighted by Crippen LogP contribution is -1.92. The van der Waals surface area contributed by atoms with E-state index in [9.17, 15) is 0 Å². The minimum absolute atomic E-state index is 0.521. The molecule has 0 atom stereocenters. The maximum atomic E-state index is 9.17. The van der Waals surface area contributed by atoms with E-state index in [1.165, 1.54) is 11.3 Å². The minimum atomic E-state index is 0.521. The number of nitriles is 1. The van der Waals surface area contributed by atoms with E-state index in [1.54, 1.807) is 6.20 Å². The molecule has 1 N–H and O–H groups in total. The fraction of sp³-hybridized carbons (Fsp3) is 0.0769. The van der Waals surface area contributed by atoms with Crippen LogP contribution in [0.25, 0.3) is 5.57 Å². The number of thiazole rings is 1. The lowest BCUT2D eigenvalue weighted by molar-refractivity contribution is 1.24. The Labute approximate surface area is 132 Å². The Kier molecular flexibility index (Phi) is 4.75. The molecule has 3 nitrogen and oxygen atoms in total. The maximum absolute atomic E-state index is 9.17. The third-order valence-corrected chi connectivity index (χ3v) is 4.42. The fourth-order valence-electron chi connectivity index (χ4n) is 1.38. The Bertz CT molecular complexity index is 671. The van der Waals surface area contributed by atoms with Crippen LogP contribution in [0.2, 0.25) is 0 Å². The van der Waals surface area contributed by atoms with Gasteiger partial charge in [0.25, 0.3) is 0 Å². The van der Waals surface area contributed by atoms with E-state index in [-0.39, 0.29) is 0 Å². The van der Waals surface area contributed by atoms with E-state index in [4.69, 9.17) is 5.26 Å². The molecule has 0 aliphatic heterocycles. The zero-order valence-corrected chi connectivity index (χ0v) is 13.9. The third-order valence-electron chi connectivity index (χ3n) is 2.27. The Morgan fingerprint density at radius 1 is 1.47 bits per heavy atom. The van der Waals surface area contributed by atoms with Crippen LogP contribution in [0.3, 0.4) is 0 Å². The zero-order chi connectivity index (χ0) is 13.8. The highest BCUT2D eigenvalue weighted by Gasteiger charge is 2.06. The number of hydrogen-bond acceptors (Lipinski definition) is 4. The summed E-state index contributed by atoms with van der Waals surface area (Å²) in [6.07, 6.45) is 1.67. The van der Waals surface area contributed by atoms with Gasteiger partial charge in [0.15, 0.2) is 0 Å². The molecule has 2 rings (SSSR count). The topological polar surface area (TPSA) is 48.7 Å². The molecule has 1 aromatic heterocycles. The van der Waals surface area contributed by atoms with E-state index in [1.807, 2.05) is 30.5 Å². The van der Waals surface area contributed by atoms with Gasteiger partial charge < -0.3 is 5.32 Å². The van der Waals surface area contributed by atoms with Crippen molar-refractivity contribution >= 4 is 54.5 Å². The molecular formula is C13H9Br2N3S. The van der Waals surface area contributed by atoms with Gasteiger partial charge in [0, 0.05) is 26.2 Å². The molecular weight excluding hydrogens is 390 g/mol. The largest absolute Gasteiger partial charge is 0.359 e. The molecule has 0 bridgehead atoms. The quantitative estimate of drug-likeness (QED) is 0.743. The summed E-state index contributed by atoms with van der Waals surface area (Å²) >= 11 is 8.32. The second-order valence-electron chi connectivity index (χ2n) is 3.73. The monoisotopic (exact) mass is 397 g/mol. The third kappa shape index (κ3) is 3.66. The summed E-state index contributed by atoms with van der Waals surface area (Å²) in [7, 11) is 0. The first-order valence-electron chi connectivity index (χ1n) is 5.34. The van der Waals surface area contributed by atoms with Crippen molar-refractivity contribution in [2.24, 2.45) is 0 Å². The van der Waals surface area contributed by atoms with Crippen LogP contribution in [0.1, 0.15) is 10.7 Å². The molecule has 0 spiro atoms. The van der Waals surface area contributed by atoms with Crippen LogP contribution in [0.5, 0.6) is 0 Å². The SMILES string of the molecule is Cc1csc(/C(C#N)=C/Nc2ccc(Br)cc2Br)n1. The number of hydrogen-bond donors (Lipinski definition) is 1. The number of anilines is 1.